The molecule has 0 saturated carbocycles. The molecule has 0 fully saturated rings. The number of aromatic amines is 1. The van der Waals surface area contributed by atoms with Crippen molar-refractivity contribution in [1.82, 2.24) is 19.9 Å². The van der Waals surface area contributed by atoms with Gasteiger partial charge in [0.2, 0.25) is 0 Å². The fourth-order valence-electron chi connectivity index (χ4n) is 1.18. The zero-order chi connectivity index (χ0) is 9.42. The smallest absolute Gasteiger partial charge is 0.259 e. The molecular weight excluding hydrogens is 257 g/mol. The van der Waals surface area contributed by atoms with Gasteiger partial charge in [0, 0.05) is 44.2 Å². The number of nitrogens with zero attached hydrogens (tertiary/aromatic N) is 3. The van der Waals surface area contributed by atoms with Gasteiger partial charge in [0.05, 0.1) is 5.52 Å². The summed E-state index contributed by atoms with van der Waals surface area (Å²) in [5, 5.41) is 0. The van der Waals surface area contributed by atoms with Crippen LogP contribution in [-0.2, 0) is 39.1 Å². The number of hydrogen-bond acceptors (Lipinski definition) is 3. The van der Waals surface area contributed by atoms with Crippen LogP contribution in [0.5, 0.6) is 0 Å². The van der Waals surface area contributed by atoms with Crippen molar-refractivity contribution in [3.63, 3.8) is 0 Å². The van der Waals surface area contributed by atoms with Gasteiger partial charge in [0.1, 0.15) is 0 Å². The second-order valence-corrected chi connectivity index (χ2v) is 2.82. The molecule has 0 aliphatic carbocycles. The van der Waals surface area contributed by atoms with Crippen LogP contribution in [0.1, 0.15) is 18.6 Å². The molecule has 6 heteroatoms. The van der Waals surface area contributed by atoms with E-state index in [0.717, 1.165) is 6.42 Å². The number of imidazole rings is 1. The summed E-state index contributed by atoms with van der Waals surface area (Å²) in [6.45, 7) is 3.66. The van der Waals surface area contributed by atoms with Crippen molar-refractivity contribution in [2.45, 2.75) is 20.3 Å². The molecule has 2 rings (SSSR count). The largest absolute Gasteiger partial charge is 0.362 e. The van der Waals surface area contributed by atoms with Crippen molar-refractivity contribution >= 4 is 11.2 Å². The van der Waals surface area contributed by atoms with Crippen molar-refractivity contribution < 1.29 is 32.7 Å². The molecule has 2 aromatic heterocycles. The Hall–Kier alpha value is -0.546. The van der Waals surface area contributed by atoms with E-state index in [0.29, 0.717) is 22.8 Å². The molecule has 0 aliphatic rings. The Morgan fingerprint density at radius 2 is 2.14 bits per heavy atom. The second-order valence-electron chi connectivity index (χ2n) is 2.82. The Morgan fingerprint density at radius 3 is 2.79 bits per heavy atom. The van der Waals surface area contributed by atoms with E-state index >= 15 is 0 Å². The van der Waals surface area contributed by atoms with Gasteiger partial charge >= 0.3 is 0 Å². The van der Waals surface area contributed by atoms with Gasteiger partial charge in [0.15, 0.2) is 0 Å². The van der Waals surface area contributed by atoms with Crippen LogP contribution in [0.4, 0.5) is 0 Å². The topological polar surface area (TPSA) is 72.7 Å². The van der Waals surface area contributed by atoms with Gasteiger partial charge in [-0.05, 0) is 19.2 Å². The van der Waals surface area contributed by atoms with Crippen LogP contribution in [0.3, 0.4) is 0 Å². The third-order valence-corrected chi connectivity index (χ3v) is 1.79. The van der Waals surface area contributed by atoms with E-state index in [4.69, 9.17) is 0 Å². The minimum absolute atomic E-state index is 0. The Balaban J connectivity index is 0.000000980. The Labute approximate surface area is 106 Å². The first-order chi connectivity index (χ1) is 6.20. The van der Waals surface area contributed by atoms with Gasteiger partial charge in [-0.3, -0.25) is 4.79 Å². The van der Waals surface area contributed by atoms with E-state index < -0.39 is 0 Å². The average Bonchev–Trinajstić information content (AvgIpc) is 2.47. The van der Waals surface area contributed by atoms with Crippen molar-refractivity contribution in [3.8, 4) is 0 Å². The zero-order valence-electron chi connectivity index (χ0n) is 8.03. The van der Waals surface area contributed by atoms with Crippen LogP contribution >= 0.6 is 0 Å². The summed E-state index contributed by atoms with van der Waals surface area (Å²) in [5.74, 6) is 1.23. The van der Waals surface area contributed by atoms with Crippen LogP contribution < -0.4 is 10.5 Å². The molecule has 14 heavy (non-hydrogen) atoms. The molecule has 2 aromatic rings. The zero-order valence-corrected chi connectivity index (χ0v) is 10.9. The number of hydrogen-bond donors (Lipinski definition) is 1. The van der Waals surface area contributed by atoms with Gasteiger partial charge in [-0.1, -0.05) is 6.92 Å². The molecule has 0 bridgehead atoms. The standard InChI is InChI=1S/C8H10N4O.Y/c1-3-5-11-6-7(12-5)9-4(2)10-8(6)13;/h3H2,1-2H3,(H2,9,10,11,12,13);/p-1. The summed E-state index contributed by atoms with van der Waals surface area (Å²) in [4.78, 5) is 26.2. The molecule has 0 aliphatic heterocycles. The van der Waals surface area contributed by atoms with Crippen LogP contribution in [0.25, 0.3) is 11.2 Å². The van der Waals surface area contributed by atoms with E-state index in [2.05, 4.69) is 19.9 Å². The van der Waals surface area contributed by atoms with Crippen LogP contribution in [0.2, 0.25) is 0 Å². The Bertz CT molecular complexity index is 502. The van der Waals surface area contributed by atoms with Crippen LogP contribution in [0, 0.1) is 6.92 Å². The number of aryl methyl sites for hydroxylation is 2. The van der Waals surface area contributed by atoms with Crippen LogP contribution in [0.15, 0.2) is 4.79 Å². The van der Waals surface area contributed by atoms with Crippen molar-refractivity contribution in [2.75, 3.05) is 0 Å². The molecular formula is C8H9N4OY-. The summed E-state index contributed by atoms with van der Waals surface area (Å²) >= 11 is 0. The molecule has 2 heterocycles. The molecule has 0 amide bonds. The quantitative estimate of drug-likeness (QED) is 0.797. The molecule has 0 atom stereocenters. The van der Waals surface area contributed by atoms with E-state index in [1.807, 2.05) is 6.92 Å². The monoisotopic (exact) mass is 266 g/mol. The minimum atomic E-state index is -0.213. The van der Waals surface area contributed by atoms with Crippen molar-refractivity contribution in [1.29, 1.82) is 0 Å². The number of fused-ring (bicyclic) bond motifs is 1. The summed E-state index contributed by atoms with van der Waals surface area (Å²) < 4.78 is 0. The van der Waals surface area contributed by atoms with Gasteiger partial charge in [-0.25, -0.2) is 0 Å². The SMILES string of the molecule is CCc1nc2c(=O)[nH]c(C)nc2[n-]1.[Y]. The minimum Gasteiger partial charge on any atom is -0.362 e. The average molecular weight is 266 g/mol. The second kappa shape index (κ2) is 4.32. The van der Waals surface area contributed by atoms with Gasteiger partial charge in [-0.15, -0.1) is 0 Å². The first kappa shape index (κ1) is 11.5. The summed E-state index contributed by atoms with van der Waals surface area (Å²) in [7, 11) is 0. The van der Waals surface area contributed by atoms with Gasteiger partial charge in [-0.2, -0.15) is 0 Å². The maximum Gasteiger partial charge on any atom is 0.259 e. The molecule has 1 radical (unpaired) electrons. The predicted molar refractivity (Wildman–Crippen MR) is 47.6 cm³/mol. The molecule has 0 saturated heterocycles. The van der Waals surface area contributed by atoms with Gasteiger partial charge in [0.25, 0.3) is 5.56 Å². The predicted octanol–water partition coefficient (Wildman–Crippen LogP) is 0.144. The summed E-state index contributed by atoms with van der Waals surface area (Å²) in [6.07, 6.45) is 0.717. The number of aromatic nitrogens is 4. The number of nitrogens with one attached hydrogen (secondary N) is 1. The molecule has 0 unspecified atom stereocenters. The fraction of sp³-hybridized carbons (Fsp3) is 0.375. The maximum absolute atomic E-state index is 11.3. The molecule has 0 spiro atoms. The third-order valence-electron chi connectivity index (χ3n) is 1.79. The Morgan fingerprint density at radius 1 is 1.43 bits per heavy atom. The van der Waals surface area contributed by atoms with Gasteiger partial charge < -0.3 is 19.9 Å². The maximum atomic E-state index is 11.3. The van der Waals surface area contributed by atoms with E-state index in [1.54, 1.807) is 6.92 Å². The summed E-state index contributed by atoms with van der Waals surface area (Å²) in [6, 6.07) is 0. The molecule has 0 aromatic carbocycles. The number of H-pyrrole nitrogens is 1. The fourth-order valence-corrected chi connectivity index (χ4v) is 1.18. The van der Waals surface area contributed by atoms with E-state index in [1.165, 1.54) is 0 Å². The molecule has 71 valence electrons. The summed E-state index contributed by atoms with van der Waals surface area (Å²) in [5.41, 5.74) is 0.565. The first-order valence-corrected chi connectivity index (χ1v) is 4.11. The van der Waals surface area contributed by atoms with E-state index in [-0.39, 0.29) is 38.3 Å². The molecule has 1 N–H and O–H groups in total. The van der Waals surface area contributed by atoms with E-state index in [9.17, 15) is 4.79 Å². The number of rotatable bonds is 1. The molecule has 5 nitrogen and oxygen atoms in total. The normalized spacial score (nSPS) is 10.1. The third kappa shape index (κ3) is 1.93. The van der Waals surface area contributed by atoms with Crippen molar-refractivity contribution in [2.24, 2.45) is 0 Å². The first-order valence-electron chi connectivity index (χ1n) is 4.11. The Kier molecular flexibility index (Phi) is 3.55. The van der Waals surface area contributed by atoms with Crippen molar-refractivity contribution in [3.05, 3.63) is 22.0 Å². The van der Waals surface area contributed by atoms with Crippen LogP contribution in [-0.4, -0.2) is 15.0 Å².